The van der Waals surface area contributed by atoms with Crippen molar-refractivity contribution in [3.8, 4) is 23.1 Å². The van der Waals surface area contributed by atoms with Gasteiger partial charge < -0.3 is 44.8 Å². The van der Waals surface area contributed by atoms with Crippen LogP contribution in [0.3, 0.4) is 0 Å². The Hall–Kier alpha value is -5.92. The number of aromatic nitrogens is 4. The number of aromatic amines is 2. The van der Waals surface area contributed by atoms with Gasteiger partial charge in [-0.2, -0.15) is 0 Å². The minimum Gasteiger partial charge on any atom is -0.446 e. The highest BCUT2D eigenvalue weighted by molar-refractivity contribution is 5.90. The number of likely N-dealkylation sites (tertiary alicyclic amines) is 2. The summed E-state index contributed by atoms with van der Waals surface area (Å²) in [5.41, 5.74) is 0.0718. The Labute approximate surface area is 384 Å². The smallest absolute Gasteiger partial charge is 0.410 e. The maximum Gasteiger partial charge on any atom is 0.410 e. The third kappa shape index (κ3) is 8.29. The molecule has 348 valence electrons. The van der Waals surface area contributed by atoms with Crippen molar-refractivity contribution in [3.63, 3.8) is 0 Å². The van der Waals surface area contributed by atoms with Gasteiger partial charge in [-0.25, -0.2) is 19.6 Å². The van der Waals surface area contributed by atoms with Gasteiger partial charge in [-0.05, 0) is 123 Å². The van der Waals surface area contributed by atoms with E-state index in [4.69, 9.17) is 19.4 Å². The maximum atomic E-state index is 14.3. The number of ether oxygens (including phenoxy) is 2. The number of rotatable bonds is 11. The second kappa shape index (κ2) is 16.4. The van der Waals surface area contributed by atoms with Gasteiger partial charge in [0.25, 0.3) is 5.91 Å². The van der Waals surface area contributed by atoms with Crippen LogP contribution in [0.2, 0.25) is 0 Å². The molecule has 2 aromatic carbocycles. The lowest BCUT2D eigenvalue weighted by atomic mass is 9.96. The van der Waals surface area contributed by atoms with Crippen molar-refractivity contribution in [1.29, 1.82) is 0 Å². The molecular weight excluding hydrogens is 841 g/mol. The number of carbonyl (C=O) groups is 4. The van der Waals surface area contributed by atoms with Gasteiger partial charge in [0, 0.05) is 36.6 Å². The molecule has 4 aliphatic carbocycles. The lowest BCUT2D eigenvalue weighted by Crippen LogP contribution is -2.65. The number of benzene rings is 2. The second-order valence-electron chi connectivity index (χ2n) is 20.7. The van der Waals surface area contributed by atoms with Crippen molar-refractivity contribution >= 4 is 35.0 Å². The number of fused-ring (bicyclic) bond motifs is 1. The number of alkyl carbamates (subject to hydrolysis) is 2. The Morgan fingerprint density at radius 3 is 2.14 bits per heavy atom. The first-order chi connectivity index (χ1) is 31.5. The molecule has 4 saturated carbocycles. The molecule has 0 radical (unpaired) electrons. The van der Waals surface area contributed by atoms with Gasteiger partial charge in [0.1, 0.15) is 24.1 Å². The number of aliphatic hydroxyl groups is 2. The molecule has 0 unspecified atom stereocenters. The highest BCUT2D eigenvalue weighted by Crippen LogP contribution is 2.60. The van der Waals surface area contributed by atoms with Crippen LogP contribution in [0.15, 0.2) is 48.7 Å². The van der Waals surface area contributed by atoms with E-state index >= 15 is 0 Å². The summed E-state index contributed by atoms with van der Waals surface area (Å²) >= 11 is 0. The van der Waals surface area contributed by atoms with E-state index in [-0.39, 0.29) is 59.7 Å². The minimum absolute atomic E-state index is 0.0683. The fourth-order valence-electron chi connectivity index (χ4n) is 9.95. The molecule has 4 atom stereocenters. The number of carbonyl (C=O) groups excluding carboxylic acids is 4. The van der Waals surface area contributed by atoms with E-state index in [1.54, 1.807) is 20.0 Å². The van der Waals surface area contributed by atoms with E-state index < -0.39 is 41.5 Å². The largest absolute Gasteiger partial charge is 0.446 e. The van der Waals surface area contributed by atoms with Gasteiger partial charge in [-0.3, -0.25) is 14.9 Å². The normalized spacial score (nSPS) is 24.1. The summed E-state index contributed by atoms with van der Waals surface area (Å²) in [6.07, 6.45) is 10.2. The van der Waals surface area contributed by atoms with Gasteiger partial charge in [-0.1, -0.05) is 51.7 Å². The molecule has 2 saturated heterocycles. The van der Waals surface area contributed by atoms with Crippen LogP contribution in [0.25, 0.3) is 22.3 Å². The molecule has 0 bridgehead atoms. The fourth-order valence-corrected chi connectivity index (χ4v) is 9.95. The SMILES string of the molecule is CC(C)[C@H](NC(=O)OC1CCC1)C(=O)N1CC2(CC2)C[C@H]1c1ncc(-c2ccc(C#Cc3ccc4nc([C@@]5(O)CC6(CC6)CN5C(=O)[C@](O)(NC(=O)OC5CCC5)C(C)C)[nH]c4c3)cc2)[nH]1. The quantitative estimate of drug-likeness (QED) is 0.0711. The Kier molecular flexibility index (Phi) is 11.0. The first kappa shape index (κ1) is 43.9. The van der Waals surface area contributed by atoms with Crippen LogP contribution in [0.4, 0.5) is 9.59 Å². The molecule has 6 aliphatic rings. The molecule has 2 aliphatic heterocycles. The standard InChI is InChI=1S/C50H60N8O8/c1-29(2)40(55-45(61)65-34-7-5-8-34)42(59)57-27-47(19-20-47)24-39(57)41-51-25-38(52-41)33-16-13-31(14-17-33)11-12-32-15-18-36-37(23-32)54-43(53-36)49(63)26-48(21-22-48)28-58(49)44(60)50(64,30(3)4)56-46(62)66-35-9-6-10-35/h13-18,23,25,29-30,34-35,39-40,63-64H,5-10,19-22,24,26-28H2,1-4H3,(H,51,52)(H,53,54)(H,55,61)(H,56,62)/t39-,40-,49-,50-/m0/s1. The van der Waals surface area contributed by atoms with Crippen molar-refractivity contribution in [2.45, 2.75) is 140 Å². The van der Waals surface area contributed by atoms with E-state index in [1.807, 2.05) is 61.2 Å². The Morgan fingerprint density at radius 2 is 1.52 bits per heavy atom. The van der Waals surface area contributed by atoms with Crippen LogP contribution < -0.4 is 10.6 Å². The van der Waals surface area contributed by atoms with E-state index in [0.717, 1.165) is 93.3 Å². The maximum absolute atomic E-state index is 14.3. The highest BCUT2D eigenvalue weighted by Gasteiger charge is 2.64. The topological polar surface area (TPSA) is 215 Å². The zero-order chi connectivity index (χ0) is 46.2. The summed E-state index contributed by atoms with van der Waals surface area (Å²) in [5, 5.41) is 29.4. The predicted octanol–water partition coefficient (Wildman–Crippen LogP) is 6.49. The number of hydrogen-bond acceptors (Lipinski definition) is 10. The van der Waals surface area contributed by atoms with Crippen LogP contribution in [-0.4, -0.2) is 101 Å². The number of imidazole rings is 2. The van der Waals surface area contributed by atoms with Crippen LogP contribution in [0.5, 0.6) is 0 Å². The zero-order valence-corrected chi connectivity index (χ0v) is 38.1. The molecule has 16 heteroatoms. The minimum atomic E-state index is -2.31. The van der Waals surface area contributed by atoms with E-state index in [9.17, 15) is 29.4 Å². The number of amides is 4. The summed E-state index contributed by atoms with van der Waals surface area (Å²) in [6.45, 7) is 8.00. The summed E-state index contributed by atoms with van der Waals surface area (Å²) in [7, 11) is 0. The Balaban J connectivity index is 0.823. The third-order valence-corrected chi connectivity index (χ3v) is 15.1. The van der Waals surface area contributed by atoms with E-state index in [1.165, 1.54) is 4.90 Å². The van der Waals surface area contributed by atoms with Crippen LogP contribution >= 0.6 is 0 Å². The second-order valence-corrected chi connectivity index (χ2v) is 20.7. The van der Waals surface area contributed by atoms with Crippen molar-refractivity contribution in [2.75, 3.05) is 13.1 Å². The number of nitrogens with zero attached hydrogens (tertiary/aromatic N) is 4. The zero-order valence-electron chi connectivity index (χ0n) is 38.1. The molecule has 2 spiro atoms. The molecule has 6 fully saturated rings. The summed E-state index contributed by atoms with van der Waals surface area (Å²) < 4.78 is 11.0. The van der Waals surface area contributed by atoms with Crippen molar-refractivity contribution < 1.29 is 38.9 Å². The predicted molar refractivity (Wildman–Crippen MR) is 242 cm³/mol. The van der Waals surface area contributed by atoms with Crippen LogP contribution in [-0.2, 0) is 24.8 Å². The van der Waals surface area contributed by atoms with E-state index in [0.29, 0.717) is 23.1 Å². The first-order valence-corrected chi connectivity index (χ1v) is 23.8. The fraction of sp³-hybridized carbons (Fsp3) is 0.560. The molecular formula is C50H60N8O8. The molecule has 6 N–H and O–H groups in total. The average Bonchev–Trinajstić information content (AvgIpc) is 3.89. The number of nitrogens with one attached hydrogen (secondary N) is 4. The van der Waals surface area contributed by atoms with Crippen molar-refractivity contribution in [1.82, 2.24) is 40.4 Å². The van der Waals surface area contributed by atoms with Gasteiger partial charge >= 0.3 is 12.2 Å². The molecule has 4 heterocycles. The summed E-state index contributed by atoms with van der Waals surface area (Å²) in [6, 6.07) is 12.4. The Morgan fingerprint density at radius 1 is 0.864 bits per heavy atom. The van der Waals surface area contributed by atoms with Crippen LogP contribution in [0.1, 0.15) is 134 Å². The molecule has 4 amide bonds. The van der Waals surface area contributed by atoms with Gasteiger partial charge in [-0.15, -0.1) is 0 Å². The van der Waals surface area contributed by atoms with Crippen molar-refractivity contribution in [2.24, 2.45) is 22.7 Å². The van der Waals surface area contributed by atoms with Crippen LogP contribution in [0, 0.1) is 34.5 Å². The molecule has 66 heavy (non-hydrogen) atoms. The molecule has 16 nitrogen and oxygen atoms in total. The lowest BCUT2D eigenvalue weighted by Gasteiger charge is -2.40. The Bertz CT molecular complexity index is 2610. The summed E-state index contributed by atoms with van der Waals surface area (Å²) in [4.78, 5) is 73.4. The first-order valence-electron chi connectivity index (χ1n) is 23.8. The number of H-pyrrole nitrogens is 2. The molecule has 10 rings (SSSR count). The number of hydrogen-bond donors (Lipinski definition) is 6. The summed E-state index contributed by atoms with van der Waals surface area (Å²) in [5.74, 6) is 5.62. The highest BCUT2D eigenvalue weighted by atomic mass is 16.6. The van der Waals surface area contributed by atoms with Crippen molar-refractivity contribution in [3.05, 3.63) is 71.4 Å². The van der Waals surface area contributed by atoms with E-state index in [2.05, 4.69) is 32.4 Å². The van der Waals surface area contributed by atoms with Gasteiger partial charge in [0.15, 0.2) is 5.82 Å². The molecule has 2 aromatic heterocycles. The average molecular weight is 901 g/mol. The lowest BCUT2D eigenvalue weighted by molar-refractivity contribution is -0.182. The molecule has 4 aromatic rings. The monoisotopic (exact) mass is 900 g/mol. The van der Waals surface area contributed by atoms with Gasteiger partial charge in [0.05, 0.1) is 29.0 Å². The van der Waals surface area contributed by atoms with Gasteiger partial charge in [0.2, 0.25) is 17.4 Å². The third-order valence-electron chi connectivity index (χ3n) is 15.1.